The molecule has 4 rings (SSSR count). The van der Waals surface area contributed by atoms with Gasteiger partial charge < -0.3 is 14.2 Å². The summed E-state index contributed by atoms with van der Waals surface area (Å²) in [5, 5.41) is 0. The first-order valence-electron chi connectivity index (χ1n) is 8.17. The van der Waals surface area contributed by atoms with E-state index in [1.165, 1.54) is 38.5 Å². The zero-order chi connectivity index (χ0) is 14.9. The van der Waals surface area contributed by atoms with Crippen LogP contribution in [0.2, 0.25) is 0 Å². The van der Waals surface area contributed by atoms with E-state index in [0.29, 0.717) is 13.2 Å². The van der Waals surface area contributed by atoms with E-state index in [1.54, 1.807) is 6.92 Å². The Morgan fingerprint density at radius 2 is 1.76 bits per heavy atom. The van der Waals surface area contributed by atoms with Crippen molar-refractivity contribution in [3.05, 3.63) is 12.7 Å². The molecule has 0 N–H and O–H groups in total. The topological polar surface area (TPSA) is 44.8 Å². The van der Waals surface area contributed by atoms with Crippen molar-refractivity contribution in [2.45, 2.75) is 57.3 Å². The van der Waals surface area contributed by atoms with E-state index >= 15 is 0 Å². The second kappa shape index (κ2) is 6.09. The second-order valence-electron chi connectivity index (χ2n) is 7.03. The maximum absolute atomic E-state index is 11.0. The molecule has 0 aromatic heterocycles. The summed E-state index contributed by atoms with van der Waals surface area (Å²) in [6.45, 7) is 6.13. The quantitative estimate of drug-likeness (QED) is 0.313. The molecule has 4 fully saturated rings. The minimum absolute atomic E-state index is 0.124. The number of carbonyl (C=O) groups excluding carboxylic acids is 1. The average Bonchev–Trinajstić information content (AvgIpc) is 2.42. The van der Waals surface area contributed by atoms with Crippen LogP contribution >= 0.6 is 0 Å². The lowest BCUT2D eigenvalue weighted by molar-refractivity contribution is -0.191. The zero-order valence-corrected chi connectivity index (χ0v) is 12.9. The van der Waals surface area contributed by atoms with Gasteiger partial charge in [-0.2, -0.15) is 0 Å². The summed E-state index contributed by atoms with van der Waals surface area (Å²) in [6.07, 6.45) is 8.58. The minimum Gasteiger partial charge on any atom is -0.433 e. The van der Waals surface area contributed by atoms with Crippen LogP contribution in [0.25, 0.3) is 0 Å². The van der Waals surface area contributed by atoms with Gasteiger partial charge in [-0.25, -0.2) is 4.79 Å². The summed E-state index contributed by atoms with van der Waals surface area (Å²) < 4.78 is 16.7. The number of hydrogen-bond donors (Lipinski definition) is 0. The highest BCUT2D eigenvalue weighted by Crippen LogP contribution is 2.57. The lowest BCUT2D eigenvalue weighted by Gasteiger charge is -2.56. The SMILES string of the molecule is C=CC(=O)OC(C)OCCOC12CC3CC(CC(C3)C1)C2. The molecule has 0 radical (unpaired) electrons. The summed E-state index contributed by atoms with van der Waals surface area (Å²) in [5.74, 6) is 2.23. The molecule has 4 nitrogen and oxygen atoms in total. The van der Waals surface area contributed by atoms with Gasteiger partial charge in [-0.3, -0.25) is 0 Å². The smallest absolute Gasteiger partial charge is 0.332 e. The highest BCUT2D eigenvalue weighted by Gasteiger charge is 2.51. The Hall–Kier alpha value is -0.870. The molecular formula is C17H26O4. The summed E-state index contributed by atoms with van der Waals surface area (Å²) in [5.41, 5.74) is 0.124. The van der Waals surface area contributed by atoms with Gasteiger partial charge in [-0.05, 0) is 63.2 Å². The number of rotatable bonds is 7. The standard InChI is InChI=1S/C17H26O4/c1-3-16(18)21-12(2)19-4-5-20-17-9-13-6-14(10-17)8-15(7-13)11-17/h3,12-15H,1,4-11H2,2H3. The van der Waals surface area contributed by atoms with Crippen LogP contribution in [0.3, 0.4) is 0 Å². The van der Waals surface area contributed by atoms with Gasteiger partial charge in [0.1, 0.15) is 0 Å². The molecule has 21 heavy (non-hydrogen) atoms. The van der Waals surface area contributed by atoms with Crippen molar-refractivity contribution in [3.63, 3.8) is 0 Å². The van der Waals surface area contributed by atoms with Gasteiger partial charge in [-0.15, -0.1) is 0 Å². The lowest BCUT2D eigenvalue weighted by atomic mass is 9.54. The van der Waals surface area contributed by atoms with Gasteiger partial charge in [0.15, 0.2) is 0 Å². The molecule has 0 aromatic rings. The average molecular weight is 294 g/mol. The van der Waals surface area contributed by atoms with Crippen molar-refractivity contribution in [3.8, 4) is 0 Å². The maximum Gasteiger partial charge on any atom is 0.332 e. The van der Waals surface area contributed by atoms with Crippen LogP contribution in [-0.2, 0) is 19.0 Å². The Kier molecular flexibility index (Phi) is 4.36. The Labute approximate surface area is 126 Å². The third-order valence-corrected chi connectivity index (χ3v) is 5.27. The minimum atomic E-state index is -0.546. The summed E-state index contributed by atoms with van der Waals surface area (Å²) >= 11 is 0. The molecule has 1 unspecified atom stereocenters. The first kappa shape index (κ1) is 15.0. The molecule has 4 saturated carbocycles. The number of hydrogen-bond acceptors (Lipinski definition) is 4. The van der Waals surface area contributed by atoms with Crippen LogP contribution in [-0.4, -0.2) is 31.1 Å². The van der Waals surface area contributed by atoms with E-state index in [1.807, 2.05) is 0 Å². The van der Waals surface area contributed by atoms with Gasteiger partial charge in [0, 0.05) is 6.08 Å². The van der Waals surface area contributed by atoms with Crippen LogP contribution in [0.4, 0.5) is 0 Å². The fraction of sp³-hybridized carbons (Fsp3) is 0.824. The van der Waals surface area contributed by atoms with E-state index in [9.17, 15) is 4.79 Å². The summed E-state index contributed by atoms with van der Waals surface area (Å²) in [7, 11) is 0. The molecular weight excluding hydrogens is 268 g/mol. The first-order chi connectivity index (χ1) is 10.1. The highest BCUT2D eigenvalue weighted by molar-refractivity contribution is 5.81. The normalized spacial score (nSPS) is 38.2. The molecule has 118 valence electrons. The van der Waals surface area contributed by atoms with Gasteiger partial charge in [0.05, 0.1) is 18.8 Å². The fourth-order valence-electron chi connectivity index (χ4n) is 4.93. The van der Waals surface area contributed by atoms with E-state index < -0.39 is 12.3 Å². The van der Waals surface area contributed by atoms with Gasteiger partial charge in [0.2, 0.25) is 6.29 Å². The van der Waals surface area contributed by atoms with Crippen molar-refractivity contribution >= 4 is 5.97 Å². The molecule has 0 saturated heterocycles. The van der Waals surface area contributed by atoms with Crippen LogP contribution in [0.15, 0.2) is 12.7 Å². The molecule has 4 heteroatoms. The predicted octanol–water partition coefficient (Wildman–Crippen LogP) is 3.06. The van der Waals surface area contributed by atoms with E-state index in [0.717, 1.165) is 23.8 Å². The van der Waals surface area contributed by atoms with Crippen molar-refractivity contribution in [2.75, 3.05) is 13.2 Å². The van der Waals surface area contributed by atoms with Gasteiger partial charge in [-0.1, -0.05) is 6.58 Å². The van der Waals surface area contributed by atoms with E-state index in [-0.39, 0.29) is 5.60 Å². The van der Waals surface area contributed by atoms with Crippen molar-refractivity contribution in [1.82, 2.24) is 0 Å². The lowest BCUT2D eigenvalue weighted by Crippen LogP contribution is -2.52. The monoisotopic (exact) mass is 294 g/mol. The molecule has 0 aromatic carbocycles. The summed E-state index contributed by atoms with van der Waals surface area (Å²) in [6, 6.07) is 0. The number of esters is 1. The van der Waals surface area contributed by atoms with Gasteiger partial charge >= 0.3 is 5.97 Å². The third-order valence-electron chi connectivity index (χ3n) is 5.27. The Morgan fingerprint density at radius 1 is 1.19 bits per heavy atom. The molecule has 1 atom stereocenters. The maximum atomic E-state index is 11.0. The Morgan fingerprint density at radius 3 is 2.29 bits per heavy atom. The van der Waals surface area contributed by atoms with Crippen molar-refractivity contribution in [1.29, 1.82) is 0 Å². The Balaban J connectivity index is 1.40. The molecule has 4 aliphatic carbocycles. The molecule has 0 aliphatic heterocycles. The van der Waals surface area contributed by atoms with Crippen molar-refractivity contribution in [2.24, 2.45) is 17.8 Å². The molecule has 0 heterocycles. The fourth-order valence-corrected chi connectivity index (χ4v) is 4.93. The third kappa shape index (κ3) is 3.49. The first-order valence-corrected chi connectivity index (χ1v) is 8.17. The summed E-state index contributed by atoms with van der Waals surface area (Å²) in [4.78, 5) is 11.0. The number of ether oxygens (including phenoxy) is 3. The molecule has 0 spiro atoms. The second-order valence-corrected chi connectivity index (χ2v) is 7.03. The van der Waals surface area contributed by atoms with E-state index in [4.69, 9.17) is 14.2 Å². The van der Waals surface area contributed by atoms with Crippen molar-refractivity contribution < 1.29 is 19.0 Å². The van der Waals surface area contributed by atoms with Crippen LogP contribution in [0.1, 0.15) is 45.4 Å². The van der Waals surface area contributed by atoms with Gasteiger partial charge in [0.25, 0.3) is 0 Å². The predicted molar refractivity (Wildman–Crippen MR) is 78.6 cm³/mol. The largest absolute Gasteiger partial charge is 0.433 e. The highest BCUT2D eigenvalue weighted by atomic mass is 16.7. The van der Waals surface area contributed by atoms with Crippen LogP contribution < -0.4 is 0 Å². The molecule has 4 aliphatic rings. The Bertz CT molecular complexity index is 368. The van der Waals surface area contributed by atoms with E-state index in [2.05, 4.69) is 6.58 Å². The molecule has 0 amide bonds. The zero-order valence-electron chi connectivity index (χ0n) is 12.9. The van der Waals surface area contributed by atoms with Crippen LogP contribution in [0, 0.1) is 17.8 Å². The van der Waals surface area contributed by atoms with Crippen LogP contribution in [0.5, 0.6) is 0 Å². The molecule has 4 bridgehead atoms. The number of carbonyl (C=O) groups is 1.